The number of amides is 1. The van der Waals surface area contributed by atoms with Crippen molar-refractivity contribution in [3.63, 3.8) is 0 Å². The van der Waals surface area contributed by atoms with Crippen molar-refractivity contribution in [2.45, 2.75) is 39.2 Å². The molecular weight excluding hydrogens is 198 g/mol. The van der Waals surface area contributed by atoms with Crippen molar-refractivity contribution in [2.24, 2.45) is 5.92 Å². The molecule has 0 saturated carbocycles. The number of carbonyl (C=O) groups is 1. The summed E-state index contributed by atoms with van der Waals surface area (Å²) >= 11 is 0. The Hall–Kier alpha value is -1.31. The topological polar surface area (TPSA) is 29.1 Å². The average Bonchev–Trinajstić information content (AvgIpc) is 2.25. The summed E-state index contributed by atoms with van der Waals surface area (Å²) in [4.78, 5) is 11.6. The fourth-order valence-electron chi connectivity index (χ4n) is 2.56. The SMILES string of the molecule is Cc1ccccc1[C@@H]1CC(C)C(=O)N[C@@H]1C. The maximum atomic E-state index is 11.6. The third kappa shape index (κ3) is 1.97. The molecule has 0 spiro atoms. The molecule has 1 amide bonds. The largest absolute Gasteiger partial charge is 0.353 e. The van der Waals surface area contributed by atoms with E-state index in [2.05, 4.69) is 43.4 Å². The van der Waals surface area contributed by atoms with Crippen molar-refractivity contribution in [3.05, 3.63) is 35.4 Å². The second-order valence-electron chi connectivity index (χ2n) is 4.90. The highest BCUT2D eigenvalue weighted by atomic mass is 16.2. The van der Waals surface area contributed by atoms with E-state index in [1.54, 1.807) is 0 Å². The van der Waals surface area contributed by atoms with E-state index in [1.807, 2.05) is 6.92 Å². The van der Waals surface area contributed by atoms with Crippen LogP contribution in [0.25, 0.3) is 0 Å². The molecule has 2 rings (SSSR count). The van der Waals surface area contributed by atoms with Gasteiger partial charge in [0.15, 0.2) is 0 Å². The molecule has 0 bridgehead atoms. The molecule has 1 fully saturated rings. The van der Waals surface area contributed by atoms with Crippen LogP contribution in [0.15, 0.2) is 24.3 Å². The van der Waals surface area contributed by atoms with Crippen molar-refractivity contribution >= 4 is 5.91 Å². The fraction of sp³-hybridized carbons (Fsp3) is 0.500. The lowest BCUT2D eigenvalue weighted by Crippen LogP contribution is -2.46. The van der Waals surface area contributed by atoms with Crippen LogP contribution in [-0.2, 0) is 4.79 Å². The van der Waals surface area contributed by atoms with E-state index < -0.39 is 0 Å². The van der Waals surface area contributed by atoms with Crippen LogP contribution >= 0.6 is 0 Å². The molecule has 1 aromatic rings. The molecule has 1 N–H and O–H groups in total. The van der Waals surface area contributed by atoms with Crippen molar-refractivity contribution in [2.75, 3.05) is 0 Å². The summed E-state index contributed by atoms with van der Waals surface area (Å²) in [5.41, 5.74) is 2.70. The number of hydrogen-bond acceptors (Lipinski definition) is 1. The van der Waals surface area contributed by atoms with Gasteiger partial charge in [-0.15, -0.1) is 0 Å². The molecular formula is C14H19NO. The molecule has 2 heteroatoms. The van der Waals surface area contributed by atoms with Crippen molar-refractivity contribution in [3.8, 4) is 0 Å². The Kier molecular flexibility index (Phi) is 2.99. The molecule has 1 aromatic carbocycles. The smallest absolute Gasteiger partial charge is 0.223 e. The normalized spacial score (nSPS) is 29.9. The first kappa shape index (κ1) is 11.2. The maximum absolute atomic E-state index is 11.6. The van der Waals surface area contributed by atoms with E-state index >= 15 is 0 Å². The van der Waals surface area contributed by atoms with E-state index in [9.17, 15) is 4.79 Å². The minimum atomic E-state index is 0.126. The van der Waals surface area contributed by atoms with E-state index in [4.69, 9.17) is 0 Å². The van der Waals surface area contributed by atoms with Crippen LogP contribution in [0, 0.1) is 12.8 Å². The number of benzene rings is 1. The molecule has 1 saturated heterocycles. The van der Waals surface area contributed by atoms with Gasteiger partial charge >= 0.3 is 0 Å². The number of rotatable bonds is 1. The Labute approximate surface area is 97.1 Å². The van der Waals surface area contributed by atoms with Gasteiger partial charge in [0.05, 0.1) is 0 Å². The molecule has 0 radical (unpaired) electrons. The molecule has 0 aliphatic carbocycles. The number of piperidine rings is 1. The predicted octanol–water partition coefficient (Wildman–Crippen LogP) is 2.62. The molecule has 1 aliphatic rings. The van der Waals surface area contributed by atoms with Crippen molar-refractivity contribution in [1.82, 2.24) is 5.32 Å². The van der Waals surface area contributed by atoms with E-state index in [1.165, 1.54) is 11.1 Å². The van der Waals surface area contributed by atoms with Gasteiger partial charge in [0.25, 0.3) is 0 Å². The molecule has 2 nitrogen and oxygen atoms in total. The van der Waals surface area contributed by atoms with Crippen LogP contribution in [0.2, 0.25) is 0 Å². The second kappa shape index (κ2) is 4.28. The summed E-state index contributed by atoms with van der Waals surface area (Å²) < 4.78 is 0. The van der Waals surface area contributed by atoms with Gasteiger partial charge in [-0.05, 0) is 31.4 Å². The molecule has 3 atom stereocenters. The van der Waals surface area contributed by atoms with Crippen LogP contribution < -0.4 is 5.32 Å². The molecule has 16 heavy (non-hydrogen) atoms. The van der Waals surface area contributed by atoms with Crippen LogP contribution in [-0.4, -0.2) is 11.9 Å². The molecule has 0 aromatic heterocycles. The third-order valence-corrected chi connectivity index (χ3v) is 3.62. The highest BCUT2D eigenvalue weighted by molar-refractivity contribution is 5.79. The monoisotopic (exact) mass is 217 g/mol. The molecule has 1 unspecified atom stereocenters. The van der Waals surface area contributed by atoms with Crippen LogP contribution in [0.3, 0.4) is 0 Å². The molecule has 1 heterocycles. The van der Waals surface area contributed by atoms with Crippen LogP contribution in [0.4, 0.5) is 0 Å². The zero-order valence-electron chi connectivity index (χ0n) is 10.2. The molecule has 1 aliphatic heterocycles. The van der Waals surface area contributed by atoms with Gasteiger partial charge in [0.2, 0.25) is 5.91 Å². The lowest BCUT2D eigenvalue weighted by atomic mass is 9.79. The number of hydrogen-bond donors (Lipinski definition) is 1. The Morgan fingerprint density at radius 2 is 1.94 bits per heavy atom. The van der Waals surface area contributed by atoms with E-state index in [0.29, 0.717) is 5.92 Å². The van der Waals surface area contributed by atoms with Gasteiger partial charge < -0.3 is 5.32 Å². The quantitative estimate of drug-likeness (QED) is 0.769. The van der Waals surface area contributed by atoms with Crippen molar-refractivity contribution in [1.29, 1.82) is 0 Å². The lowest BCUT2D eigenvalue weighted by Gasteiger charge is -2.34. The Balaban J connectivity index is 2.27. The standard InChI is InChI=1S/C14H19NO/c1-9-6-4-5-7-12(9)13-8-10(2)14(16)15-11(13)3/h4-7,10-11,13H,8H2,1-3H3,(H,15,16)/t10?,11-,13-/m1/s1. The van der Waals surface area contributed by atoms with Gasteiger partial charge in [-0.1, -0.05) is 31.2 Å². The first-order valence-electron chi connectivity index (χ1n) is 5.95. The summed E-state index contributed by atoms with van der Waals surface area (Å²) in [6.07, 6.45) is 0.956. The number of nitrogens with one attached hydrogen (secondary N) is 1. The van der Waals surface area contributed by atoms with Gasteiger partial charge in [0.1, 0.15) is 0 Å². The Morgan fingerprint density at radius 3 is 2.62 bits per heavy atom. The minimum Gasteiger partial charge on any atom is -0.353 e. The molecule has 86 valence electrons. The summed E-state index contributed by atoms with van der Waals surface area (Å²) in [6, 6.07) is 8.71. The highest BCUT2D eigenvalue weighted by Gasteiger charge is 2.31. The highest BCUT2D eigenvalue weighted by Crippen LogP contribution is 2.32. The third-order valence-electron chi connectivity index (χ3n) is 3.62. The zero-order chi connectivity index (χ0) is 11.7. The first-order chi connectivity index (χ1) is 7.59. The summed E-state index contributed by atoms with van der Waals surface area (Å²) in [5.74, 6) is 0.770. The number of carbonyl (C=O) groups excluding carboxylic acids is 1. The van der Waals surface area contributed by atoms with Gasteiger partial charge in [-0.2, -0.15) is 0 Å². The summed E-state index contributed by atoms with van der Waals surface area (Å²) in [6.45, 7) is 6.25. The lowest BCUT2D eigenvalue weighted by molar-refractivity contribution is -0.127. The zero-order valence-corrected chi connectivity index (χ0v) is 10.2. The summed E-state index contributed by atoms with van der Waals surface area (Å²) in [7, 11) is 0. The van der Waals surface area contributed by atoms with E-state index in [0.717, 1.165) is 6.42 Å². The van der Waals surface area contributed by atoms with Gasteiger partial charge in [-0.25, -0.2) is 0 Å². The van der Waals surface area contributed by atoms with Gasteiger partial charge in [0, 0.05) is 17.9 Å². The van der Waals surface area contributed by atoms with Gasteiger partial charge in [-0.3, -0.25) is 4.79 Å². The second-order valence-corrected chi connectivity index (χ2v) is 4.90. The number of aryl methyl sites for hydroxylation is 1. The summed E-state index contributed by atoms with van der Waals surface area (Å²) in [5, 5.41) is 3.07. The maximum Gasteiger partial charge on any atom is 0.223 e. The Bertz CT molecular complexity index is 399. The van der Waals surface area contributed by atoms with E-state index in [-0.39, 0.29) is 17.9 Å². The predicted molar refractivity (Wildman–Crippen MR) is 65.3 cm³/mol. The average molecular weight is 217 g/mol. The fourth-order valence-corrected chi connectivity index (χ4v) is 2.56. The van der Waals surface area contributed by atoms with Crippen molar-refractivity contribution < 1.29 is 4.79 Å². The minimum absolute atomic E-state index is 0.126. The Morgan fingerprint density at radius 1 is 1.25 bits per heavy atom. The first-order valence-corrected chi connectivity index (χ1v) is 5.95. The van der Waals surface area contributed by atoms with Crippen LogP contribution in [0.5, 0.6) is 0 Å². The van der Waals surface area contributed by atoms with Crippen LogP contribution in [0.1, 0.15) is 37.3 Å².